The third-order valence-electron chi connectivity index (χ3n) is 4.36. The fourth-order valence-corrected chi connectivity index (χ4v) is 5.15. The van der Waals surface area contributed by atoms with Gasteiger partial charge in [-0.15, -0.1) is 0 Å². The average molecular weight is 355 g/mol. The van der Waals surface area contributed by atoms with E-state index in [9.17, 15) is 13.5 Å². The molecule has 0 aromatic carbocycles. The van der Waals surface area contributed by atoms with Crippen molar-refractivity contribution in [1.82, 2.24) is 14.1 Å². The van der Waals surface area contributed by atoms with Crippen LogP contribution in [0, 0.1) is 5.92 Å². The summed E-state index contributed by atoms with van der Waals surface area (Å²) >= 11 is 1.59. The predicted octanol–water partition coefficient (Wildman–Crippen LogP) is 1.92. The molecule has 0 bridgehead atoms. The molecule has 0 saturated carbocycles. The third kappa shape index (κ3) is 3.08. The van der Waals surface area contributed by atoms with Crippen LogP contribution in [0.4, 0.5) is 0 Å². The van der Waals surface area contributed by atoms with Gasteiger partial charge in [0.25, 0.3) is 0 Å². The van der Waals surface area contributed by atoms with Crippen LogP contribution in [0.2, 0.25) is 0 Å². The first-order chi connectivity index (χ1) is 10.9. The molecular formula is C15H21N3O3S2. The number of thiophene rings is 1. The molecule has 6 nitrogen and oxygen atoms in total. The fraction of sp³-hybridized carbons (Fsp3) is 0.533. The van der Waals surface area contributed by atoms with Gasteiger partial charge in [-0.3, -0.25) is 4.68 Å². The molecule has 23 heavy (non-hydrogen) atoms. The second kappa shape index (κ2) is 6.35. The molecule has 8 heteroatoms. The maximum absolute atomic E-state index is 12.8. The van der Waals surface area contributed by atoms with E-state index in [0.29, 0.717) is 13.1 Å². The van der Waals surface area contributed by atoms with Crippen LogP contribution in [0.15, 0.2) is 34.1 Å². The molecule has 2 aromatic rings. The van der Waals surface area contributed by atoms with E-state index >= 15 is 0 Å². The largest absolute Gasteiger partial charge is 0.396 e. The van der Waals surface area contributed by atoms with Crippen LogP contribution in [0.1, 0.15) is 31.4 Å². The topological polar surface area (TPSA) is 75.4 Å². The molecule has 0 radical (unpaired) electrons. The van der Waals surface area contributed by atoms with E-state index < -0.39 is 10.0 Å². The van der Waals surface area contributed by atoms with Crippen molar-refractivity contribution >= 4 is 21.4 Å². The second-order valence-corrected chi connectivity index (χ2v) is 8.90. The highest BCUT2D eigenvalue weighted by Gasteiger charge is 2.40. The normalized spacial score (nSPS) is 23.0. The van der Waals surface area contributed by atoms with Gasteiger partial charge in [-0.2, -0.15) is 20.7 Å². The molecule has 2 aromatic heterocycles. The lowest BCUT2D eigenvalue weighted by molar-refractivity contribution is 0.223. The maximum Gasteiger partial charge on any atom is 0.246 e. The van der Waals surface area contributed by atoms with Gasteiger partial charge in [0.2, 0.25) is 10.0 Å². The molecule has 3 heterocycles. The number of rotatable bonds is 5. The van der Waals surface area contributed by atoms with Gasteiger partial charge >= 0.3 is 0 Å². The molecule has 2 atom stereocenters. The lowest BCUT2D eigenvalue weighted by atomic mass is 9.92. The number of hydrogen-bond acceptors (Lipinski definition) is 5. The van der Waals surface area contributed by atoms with Crippen LogP contribution in [-0.2, 0) is 10.0 Å². The van der Waals surface area contributed by atoms with E-state index in [4.69, 9.17) is 0 Å². The first kappa shape index (κ1) is 16.6. The summed E-state index contributed by atoms with van der Waals surface area (Å²) < 4.78 is 28.8. The van der Waals surface area contributed by atoms with E-state index in [2.05, 4.69) is 5.10 Å². The van der Waals surface area contributed by atoms with Crippen LogP contribution < -0.4 is 0 Å². The van der Waals surface area contributed by atoms with Crippen molar-refractivity contribution in [3.63, 3.8) is 0 Å². The first-order valence-corrected chi connectivity index (χ1v) is 9.99. The molecule has 0 spiro atoms. The van der Waals surface area contributed by atoms with Crippen molar-refractivity contribution in [3.05, 3.63) is 34.8 Å². The number of nitrogens with zero attached hydrogens (tertiary/aromatic N) is 3. The Bertz CT molecular complexity index is 753. The highest BCUT2D eigenvalue weighted by atomic mass is 32.2. The molecule has 1 fully saturated rings. The number of aliphatic hydroxyl groups excluding tert-OH is 1. The molecule has 0 amide bonds. The van der Waals surface area contributed by atoms with Gasteiger partial charge in [-0.25, -0.2) is 8.42 Å². The quantitative estimate of drug-likeness (QED) is 0.889. The van der Waals surface area contributed by atoms with Gasteiger partial charge in [0.05, 0.1) is 6.20 Å². The van der Waals surface area contributed by atoms with Crippen LogP contribution in [0.5, 0.6) is 0 Å². The molecule has 0 aliphatic carbocycles. The van der Waals surface area contributed by atoms with Crippen molar-refractivity contribution in [1.29, 1.82) is 0 Å². The summed E-state index contributed by atoms with van der Waals surface area (Å²) in [5.41, 5.74) is 1.10. The van der Waals surface area contributed by atoms with Crippen LogP contribution in [0.3, 0.4) is 0 Å². The predicted molar refractivity (Wildman–Crippen MR) is 89.0 cm³/mol. The van der Waals surface area contributed by atoms with Gasteiger partial charge in [-0.05, 0) is 36.2 Å². The second-order valence-electron chi connectivity index (χ2n) is 6.18. The van der Waals surface area contributed by atoms with Crippen molar-refractivity contribution in [2.24, 2.45) is 5.92 Å². The monoisotopic (exact) mass is 355 g/mol. The zero-order valence-corrected chi connectivity index (χ0v) is 14.8. The number of aromatic nitrogens is 2. The lowest BCUT2D eigenvalue weighted by Gasteiger charge is -2.15. The fourth-order valence-electron chi connectivity index (χ4n) is 2.96. The van der Waals surface area contributed by atoms with E-state index in [1.807, 2.05) is 30.7 Å². The smallest absolute Gasteiger partial charge is 0.246 e. The Hall–Kier alpha value is -1.22. The molecule has 2 unspecified atom stereocenters. The SMILES string of the molecule is CC(C)n1cc(S(=O)(=O)N2CC(CO)C(c3ccsc3)C2)cn1. The van der Waals surface area contributed by atoms with Crippen molar-refractivity contribution < 1.29 is 13.5 Å². The number of sulfonamides is 1. The van der Waals surface area contributed by atoms with Crippen molar-refractivity contribution in [2.45, 2.75) is 30.7 Å². The molecule has 1 aliphatic heterocycles. The Morgan fingerprint density at radius 3 is 2.78 bits per heavy atom. The highest BCUT2D eigenvalue weighted by molar-refractivity contribution is 7.89. The van der Waals surface area contributed by atoms with Crippen LogP contribution >= 0.6 is 11.3 Å². The van der Waals surface area contributed by atoms with Gasteiger partial charge in [0.1, 0.15) is 4.90 Å². The van der Waals surface area contributed by atoms with Crippen LogP contribution in [-0.4, -0.2) is 47.3 Å². The standard InChI is InChI=1S/C15H21N3O3S2/c1-11(2)18-7-14(5-16-18)23(20,21)17-6-13(9-19)15(8-17)12-3-4-22-10-12/h3-5,7,10-11,13,15,19H,6,8-9H2,1-2H3. The summed E-state index contributed by atoms with van der Waals surface area (Å²) in [5, 5.41) is 17.8. The molecule has 3 rings (SSSR count). The minimum atomic E-state index is -3.58. The van der Waals surface area contributed by atoms with Gasteiger partial charge in [0, 0.05) is 43.8 Å². The Morgan fingerprint density at radius 2 is 2.22 bits per heavy atom. The van der Waals surface area contributed by atoms with Crippen LogP contribution in [0.25, 0.3) is 0 Å². The summed E-state index contributed by atoms with van der Waals surface area (Å²) in [4.78, 5) is 0.217. The average Bonchev–Trinajstić information content (AvgIpc) is 3.25. The molecular weight excluding hydrogens is 334 g/mol. The van der Waals surface area contributed by atoms with Gasteiger partial charge in [-0.1, -0.05) is 0 Å². The summed E-state index contributed by atoms with van der Waals surface area (Å²) in [6, 6.07) is 2.12. The first-order valence-electron chi connectivity index (χ1n) is 7.60. The van der Waals surface area contributed by atoms with E-state index in [0.717, 1.165) is 5.56 Å². The minimum Gasteiger partial charge on any atom is -0.396 e. The molecule has 1 saturated heterocycles. The Kier molecular flexibility index (Phi) is 4.59. The third-order valence-corrected chi connectivity index (χ3v) is 6.84. The molecule has 126 valence electrons. The maximum atomic E-state index is 12.8. The summed E-state index contributed by atoms with van der Waals surface area (Å²) in [6.07, 6.45) is 2.98. The van der Waals surface area contributed by atoms with Crippen molar-refractivity contribution in [3.8, 4) is 0 Å². The zero-order chi connectivity index (χ0) is 16.6. The van der Waals surface area contributed by atoms with Crippen molar-refractivity contribution in [2.75, 3.05) is 19.7 Å². The minimum absolute atomic E-state index is 0.0161. The lowest BCUT2D eigenvalue weighted by Crippen LogP contribution is -2.29. The van der Waals surface area contributed by atoms with E-state index in [-0.39, 0.29) is 29.4 Å². The highest BCUT2D eigenvalue weighted by Crippen LogP contribution is 2.36. The summed E-state index contributed by atoms with van der Waals surface area (Å²) in [6.45, 7) is 4.63. The zero-order valence-electron chi connectivity index (χ0n) is 13.2. The number of hydrogen-bond donors (Lipinski definition) is 1. The number of aliphatic hydroxyl groups is 1. The van der Waals surface area contributed by atoms with Gasteiger partial charge < -0.3 is 5.11 Å². The molecule has 1 N–H and O–H groups in total. The molecule has 1 aliphatic rings. The Balaban J connectivity index is 1.86. The Labute approximate surface area is 140 Å². The Morgan fingerprint density at radius 1 is 1.43 bits per heavy atom. The van der Waals surface area contributed by atoms with E-state index in [1.54, 1.807) is 22.2 Å². The van der Waals surface area contributed by atoms with Gasteiger partial charge in [0.15, 0.2) is 0 Å². The summed E-state index contributed by atoms with van der Waals surface area (Å²) in [5.74, 6) is -0.0271. The summed E-state index contributed by atoms with van der Waals surface area (Å²) in [7, 11) is -3.58. The van der Waals surface area contributed by atoms with E-state index in [1.165, 1.54) is 10.5 Å².